The number of hydrogen-bond acceptors (Lipinski definition) is 6. The van der Waals surface area contributed by atoms with Crippen LogP contribution in [-0.2, 0) is 16.6 Å². The van der Waals surface area contributed by atoms with Crippen molar-refractivity contribution in [2.75, 3.05) is 16.0 Å². The third-order valence-electron chi connectivity index (χ3n) is 4.36. The highest BCUT2D eigenvalue weighted by atomic mass is 32.2. The van der Waals surface area contributed by atoms with Gasteiger partial charge in [0.25, 0.3) is 12.1 Å². The minimum Gasteiger partial charge on any atom is -0.288 e. The van der Waals surface area contributed by atoms with Gasteiger partial charge in [0.15, 0.2) is 17.5 Å². The van der Waals surface area contributed by atoms with Gasteiger partial charge in [-0.15, -0.1) is 0 Å². The highest BCUT2D eigenvalue weighted by Crippen LogP contribution is 2.29. The van der Waals surface area contributed by atoms with Gasteiger partial charge < -0.3 is 0 Å². The molecule has 1 aliphatic rings. The molecule has 1 N–H and O–H groups in total. The van der Waals surface area contributed by atoms with E-state index >= 15 is 0 Å². The number of amidine groups is 1. The number of nitrogens with one attached hydrogen (secondary N) is 1. The van der Waals surface area contributed by atoms with E-state index < -0.39 is 0 Å². The third kappa shape index (κ3) is 4.89. The fraction of sp³-hybridized carbons (Fsp3) is 0.136. The van der Waals surface area contributed by atoms with Crippen LogP contribution in [0.3, 0.4) is 0 Å². The number of anilines is 2. The maximum Gasteiger partial charge on any atom is 0.302 e. The summed E-state index contributed by atoms with van der Waals surface area (Å²) in [5, 5.41) is 6.73. The lowest BCUT2D eigenvalue weighted by atomic mass is 10.1. The number of nitrogens with zero attached hydrogens (tertiary/aromatic N) is 4. The lowest BCUT2D eigenvalue weighted by Gasteiger charge is -2.17. The molecule has 2 amide bonds. The molecule has 0 bridgehead atoms. The van der Waals surface area contributed by atoms with Gasteiger partial charge in [0.2, 0.25) is 5.91 Å². The molecule has 2 heterocycles. The lowest BCUT2D eigenvalue weighted by Crippen LogP contribution is -2.31. The average molecular weight is 435 g/mol. The Hall–Kier alpha value is -3.72. The van der Waals surface area contributed by atoms with Crippen molar-refractivity contribution in [3.63, 3.8) is 0 Å². The van der Waals surface area contributed by atoms with Crippen LogP contribution >= 0.6 is 11.8 Å². The Bertz CT molecular complexity index is 1190. The maximum absolute atomic E-state index is 13.1. The topological polar surface area (TPSA) is 91.7 Å². The minimum atomic E-state index is -0.291. The number of aliphatic imine (C=N–C) groups is 1. The fourth-order valence-electron chi connectivity index (χ4n) is 3.00. The van der Waals surface area contributed by atoms with E-state index in [0.717, 1.165) is 11.1 Å². The van der Waals surface area contributed by atoms with Crippen LogP contribution in [0, 0.1) is 6.92 Å². The van der Waals surface area contributed by atoms with E-state index in [1.165, 1.54) is 21.3 Å². The first-order valence-corrected chi connectivity index (χ1v) is 10.5. The Labute approximate surface area is 183 Å². The molecule has 0 spiro atoms. The molecule has 4 rings (SSSR count). The van der Waals surface area contributed by atoms with Gasteiger partial charge >= 0.3 is 5.88 Å². The second kappa shape index (κ2) is 8.97. The zero-order valence-electron chi connectivity index (χ0n) is 17.0. The summed E-state index contributed by atoms with van der Waals surface area (Å²) in [6.45, 7) is 1.99. The van der Waals surface area contributed by atoms with Gasteiger partial charge in [0.1, 0.15) is 5.70 Å². The van der Waals surface area contributed by atoms with Crippen molar-refractivity contribution in [3.8, 4) is 0 Å². The molecule has 31 heavy (non-hydrogen) atoms. The monoisotopic (exact) mass is 434 g/mol. The molecule has 0 radical (unpaired) electrons. The van der Waals surface area contributed by atoms with Gasteiger partial charge in [-0.05, 0) is 30.7 Å². The lowest BCUT2D eigenvalue weighted by molar-refractivity contribution is -0.739. The molecular formula is C22H20N5O3S+. The number of amides is 2. The summed E-state index contributed by atoms with van der Waals surface area (Å²) >= 11 is 1.18. The predicted molar refractivity (Wildman–Crippen MR) is 119 cm³/mol. The van der Waals surface area contributed by atoms with Gasteiger partial charge in [0, 0.05) is 0 Å². The number of rotatable bonds is 5. The van der Waals surface area contributed by atoms with E-state index in [0.29, 0.717) is 16.6 Å². The molecule has 8 nitrogen and oxygen atoms in total. The second-order valence-corrected chi connectivity index (χ2v) is 7.83. The van der Waals surface area contributed by atoms with Crippen LogP contribution in [0.25, 0.3) is 6.08 Å². The standard InChI is InChI=1S/C22H19N5O3S/c1-15-7-6-8-16(11-15)12-18-21(29)27(17-9-4-3-5-10-17)22(23-18)31-14-19(28)24-20-13-26(2)25-30-20/h3-13H,14H2,1-2H3/p+1/b18-12+. The minimum absolute atomic E-state index is 0.0532. The van der Waals surface area contributed by atoms with E-state index in [2.05, 4.69) is 15.6 Å². The van der Waals surface area contributed by atoms with E-state index in [9.17, 15) is 9.59 Å². The van der Waals surface area contributed by atoms with Crippen LogP contribution in [0.1, 0.15) is 11.1 Å². The van der Waals surface area contributed by atoms with Crippen LogP contribution in [0.15, 0.2) is 76.0 Å². The first kappa shape index (κ1) is 20.5. The Balaban J connectivity index is 1.56. The molecule has 9 heteroatoms. The molecular weight excluding hydrogens is 414 g/mol. The summed E-state index contributed by atoms with van der Waals surface area (Å²) in [6, 6.07) is 17.1. The average Bonchev–Trinajstić information content (AvgIpc) is 3.29. The van der Waals surface area contributed by atoms with Crippen LogP contribution in [0.2, 0.25) is 0 Å². The van der Waals surface area contributed by atoms with Crippen molar-refractivity contribution < 1.29 is 18.8 Å². The molecule has 2 aromatic carbocycles. The molecule has 1 aliphatic heterocycles. The summed E-state index contributed by atoms with van der Waals surface area (Å²) in [7, 11) is 1.69. The first-order valence-electron chi connectivity index (χ1n) is 9.51. The van der Waals surface area contributed by atoms with E-state index in [4.69, 9.17) is 4.52 Å². The summed E-state index contributed by atoms with van der Waals surface area (Å²) in [4.78, 5) is 31.5. The number of aromatic nitrogens is 2. The predicted octanol–water partition coefficient (Wildman–Crippen LogP) is 2.92. The molecule has 1 aromatic heterocycles. The number of carbonyl (C=O) groups is 2. The van der Waals surface area contributed by atoms with Crippen LogP contribution in [-0.4, -0.2) is 28.0 Å². The zero-order valence-corrected chi connectivity index (χ0v) is 17.8. The highest BCUT2D eigenvalue weighted by Gasteiger charge is 2.32. The Kier molecular flexibility index (Phi) is 5.94. The van der Waals surface area contributed by atoms with E-state index in [-0.39, 0.29) is 23.5 Å². The van der Waals surface area contributed by atoms with Crippen molar-refractivity contribution in [2.24, 2.45) is 12.0 Å². The normalized spacial score (nSPS) is 14.8. The molecule has 0 aliphatic carbocycles. The maximum atomic E-state index is 13.1. The summed E-state index contributed by atoms with van der Waals surface area (Å²) in [5.41, 5.74) is 2.99. The second-order valence-electron chi connectivity index (χ2n) is 6.89. The first-order chi connectivity index (χ1) is 15.0. The van der Waals surface area contributed by atoms with Gasteiger partial charge in [-0.3, -0.25) is 24.3 Å². The van der Waals surface area contributed by atoms with Crippen LogP contribution in [0.4, 0.5) is 11.6 Å². The smallest absolute Gasteiger partial charge is 0.288 e. The number of benzene rings is 2. The van der Waals surface area contributed by atoms with E-state index in [1.54, 1.807) is 19.3 Å². The third-order valence-corrected chi connectivity index (χ3v) is 5.30. The zero-order chi connectivity index (χ0) is 21.8. The van der Waals surface area contributed by atoms with Crippen molar-refractivity contribution in [2.45, 2.75) is 6.92 Å². The number of hydrogen-bond donors (Lipinski definition) is 1. The molecule has 0 saturated heterocycles. The van der Waals surface area contributed by atoms with Gasteiger partial charge in [-0.1, -0.05) is 64.5 Å². The van der Waals surface area contributed by atoms with Crippen LogP contribution < -0.4 is 14.9 Å². The van der Waals surface area contributed by atoms with Crippen LogP contribution in [0.5, 0.6) is 0 Å². The summed E-state index contributed by atoms with van der Waals surface area (Å²) < 4.78 is 6.42. The Morgan fingerprint density at radius 1 is 1.23 bits per heavy atom. The molecule has 0 unspecified atom stereocenters. The Morgan fingerprint density at radius 2 is 2.03 bits per heavy atom. The van der Waals surface area contributed by atoms with Gasteiger partial charge in [0.05, 0.1) is 11.4 Å². The number of para-hydroxylation sites is 1. The van der Waals surface area contributed by atoms with Gasteiger partial charge in [-0.2, -0.15) is 0 Å². The van der Waals surface area contributed by atoms with Crippen molar-refractivity contribution in [1.82, 2.24) is 5.27 Å². The SMILES string of the molecule is Cc1cccc(/C=C2/N=C(SCC(=O)Nc3c[n+](C)no3)N(c3ccccc3)C2=O)c1. The number of aryl methyl sites for hydroxylation is 2. The summed E-state index contributed by atoms with van der Waals surface area (Å²) in [5.74, 6) is -0.228. The largest absolute Gasteiger partial charge is 0.302 e. The highest BCUT2D eigenvalue weighted by molar-refractivity contribution is 8.14. The molecule has 156 valence electrons. The van der Waals surface area contributed by atoms with Gasteiger partial charge in [-0.25, -0.2) is 4.99 Å². The molecule has 0 saturated carbocycles. The fourth-order valence-corrected chi connectivity index (χ4v) is 3.81. The summed E-state index contributed by atoms with van der Waals surface area (Å²) in [6.07, 6.45) is 3.31. The quantitative estimate of drug-likeness (QED) is 0.492. The van der Waals surface area contributed by atoms with Crippen molar-refractivity contribution in [1.29, 1.82) is 0 Å². The molecule has 0 atom stereocenters. The molecule has 3 aromatic rings. The van der Waals surface area contributed by atoms with Crippen molar-refractivity contribution in [3.05, 3.63) is 77.6 Å². The number of carbonyl (C=O) groups excluding carboxylic acids is 2. The Morgan fingerprint density at radius 3 is 2.74 bits per heavy atom. The number of thioether (sulfide) groups is 1. The van der Waals surface area contributed by atoms with E-state index in [1.807, 2.05) is 61.5 Å². The van der Waals surface area contributed by atoms with Crippen molar-refractivity contribution >= 4 is 46.4 Å². The molecule has 0 fully saturated rings.